The molecule has 2 atom stereocenters. The lowest BCUT2D eigenvalue weighted by atomic mass is 9.89. The summed E-state index contributed by atoms with van der Waals surface area (Å²) in [6.45, 7) is 0. The Kier molecular flexibility index (Phi) is 7.48. The van der Waals surface area contributed by atoms with Crippen molar-refractivity contribution in [3.63, 3.8) is 0 Å². The van der Waals surface area contributed by atoms with E-state index in [-0.39, 0.29) is 22.3 Å². The number of halogens is 5. The third-order valence-electron chi connectivity index (χ3n) is 5.99. The number of carbonyl (C=O) groups is 1. The van der Waals surface area contributed by atoms with Crippen LogP contribution in [0.2, 0.25) is 5.15 Å². The molecular formula is C19H21ClF3IN6O3. The maximum absolute atomic E-state index is 14.6. The lowest BCUT2D eigenvalue weighted by Gasteiger charge is -2.24. The molecule has 0 aromatic carbocycles. The highest BCUT2D eigenvalue weighted by Gasteiger charge is 2.48. The molecule has 2 fully saturated rings. The van der Waals surface area contributed by atoms with Gasteiger partial charge in [-0.2, -0.15) is 9.49 Å². The highest BCUT2D eigenvalue weighted by Crippen LogP contribution is 2.51. The van der Waals surface area contributed by atoms with E-state index in [0.717, 1.165) is 42.6 Å². The van der Waals surface area contributed by atoms with Crippen molar-refractivity contribution in [3.8, 4) is 0 Å². The van der Waals surface area contributed by atoms with Crippen LogP contribution < -0.4 is 14.4 Å². The normalized spacial score (nSPS) is 18.0. The minimum atomic E-state index is -2.83. The second-order valence-electron chi connectivity index (χ2n) is 8.34. The predicted molar refractivity (Wildman–Crippen MR) is 120 cm³/mol. The van der Waals surface area contributed by atoms with Crippen LogP contribution in [0.15, 0.2) is 17.1 Å². The fraction of sp³-hybridized carbons (Fsp3) is 0.579. The van der Waals surface area contributed by atoms with Gasteiger partial charge < -0.3 is 5.32 Å². The van der Waals surface area contributed by atoms with E-state index >= 15 is 0 Å². The molecule has 2 aliphatic rings. The van der Waals surface area contributed by atoms with E-state index < -0.39 is 63.8 Å². The van der Waals surface area contributed by atoms with Crippen LogP contribution in [-0.2, 0) is 7.86 Å². The van der Waals surface area contributed by atoms with Crippen LogP contribution >= 0.6 is 33.1 Å². The molecule has 14 heteroatoms. The van der Waals surface area contributed by atoms with Crippen LogP contribution in [0.25, 0.3) is 0 Å². The zero-order valence-corrected chi connectivity index (χ0v) is 20.0. The van der Waals surface area contributed by atoms with Gasteiger partial charge in [-0.3, -0.25) is 17.3 Å². The molecule has 2 saturated carbocycles. The number of nitrogens with zero attached hydrogens (tertiary/aromatic N) is 3. The van der Waals surface area contributed by atoms with Gasteiger partial charge in [0, 0.05) is 12.0 Å². The molecule has 0 spiro atoms. The fourth-order valence-corrected chi connectivity index (χ4v) is 5.38. The fourth-order valence-electron chi connectivity index (χ4n) is 4.25. The lowest BCUT2D eigenvalue weighted by Crippen LogP contribution is -2.44. The Labute approximate surface area is 201 Å². The number of H-pyrrole nitrogens is 1. The maximum Gasteiger partial charge on any atom is 0.269 e. The largest absolute Gasteiger partial charge is 0.320 e. The molecule has 2 aromatic heterocycles. The van der Waals surface area contributed by atoms with Gasteiger partial charge in [0.05, 0.1) is 12.2 Å². The number of hydrogen-bond donors (Lipinski definition) is 3. The molecule has 1 unspecified atom stereocenters. The Hall–Kier alpha value is -1.87. The molecule has 2 heterocycles. The third kappa shape index (κ3) is 5.80. The summed E-state index contributed by atoms with van der Waals surface area (Å²) in [7, 11) is 0. The maximum atomic E-state index is 14.6. The van der Waals surface area contributed by atoms with Gasteiger partial charge in [0.2, 0.25) is 33.8 Å². The van der Waals surface area contributed by atoms with Gasteiger partial charge in [0.15, 0.2) is 0 Å². The summed E-state index contributed by atoms with van der Waals surface area (Å²) in [5.41, 5.74) is -1.27. The van der Waals surface area contributed by atoms with Gasteiger partial charge in [0.1, 0.15) is 16.9 Å². The first kappa shape index (κ1) is 24.3. The number of carbonyl (C=O) groups excluding carboxylic acids is 1. The van der Waals surface area contributed by atoms with Crippen LogP contribution in [0.3, 0.4) is 0 Å². The molecule has 2 aliphatic carbocycles. The van der Waals surface area contributed by atoms with Gasteiger partial charge in [0.25, 0.3) is 11.5 Å². The molecule has 180 valence electrons. The molecule has 2 aromatic rings. The van der Waals surface area contributed by atoms with E-state index in [0.29, 0.717) is 11.8 Å². The zero-order valence-electron chi connectivity index (χ0n) is 17.1. The number of alkyl halides is 2. The Bertz CT molecular complexity index is 1080. The van der Waals surface area contributed by atoms with Crippen molar-refractivity contribution in [2.75, 3.05) is 5.32 Å². The second kappa shape index (κ2) is 10.2. The first-order valence-corrected chi connectivity index (χ1v) is 12.7. The number of aromatic nitrogens is 4. The van der Waals surface area contributed by atoms with E-state index in [9.17, 15) is 25.8 Å². The van der Waals surface area contributed by atoms with Crippen molar-refractivity contribution >= 4 is 44.7 Å². The van der Waals surface area contributed by atoms with Crippen LogP contribution in [0, 0.1) is 23.7 Å². The van der Waals surface area contributed by atoms with Gasteiger partial charge >= 0.3 is 0 Å². The SMILES string of the molecule is O=IN[C@H](C(=O)Nc1cn(C(CC(F)F)c2cc(Cl)n[nH]c2=O)nc1F)C(C1CC1)C1CC1. The first-order chi connectivity index (χ1) is 15.8. The summed E-state index contributed by atoms with van der Waals surface area (Å²) < 4.78 is 56.1. The Morgan fingerprint density at radius 2 is 1.97 bits per heavy atom. The van der Waals surface area contributed by atoms with Gasteiger partial charge in [-0.05, 0) is 49.5 Å². The molecule has 0 aliphatic heterocycles. The molecule has 0 saturated heterocycles. The molecule has 1 amide bonds. The minimum Gasteiger partial charge on any atom is -0.320 e. The topological polar surface area (TPSA) is 122 Å². The average molecular weight is 601 g/mol. The molecular weight excluding hydrogens is 580 g/mol. The molecule has 4 rings (SSSR count). The van der Waals surface area contributed by atoms with Crippen molar-refractivity contribution in [3.05, 3.63) is 39.3 Å². The van der Waals surface area contributed by atoms with E-state index in [1.54, 1.807) is 0 Å². The monoisotopic (exact) mass is 600 g/mol. The van der Waals surface area contributed by atoms with Crippen LogP contribution in [0.1, 0.15) is 43.7 Å². The standard InChI is InChI=1S/C19H21ClF3IN6O3/c20-13-5-10(18(31)28-27-13)12(6-14(21)22)30-7-11(17(23)29-30)25-19(32)16(26-24-33)15(8-1-2-8)9-3-4-9/h5,7-9,12,14-16H,1-4,6H2,(H,25,32)(H,26,33)(H,28,31)/t12?,16-/m0/s1. The number of anilines is 1. The average Bonchev–Trinajstić information content (AvgIpc) is 3.68. The summed E-state index contributed by atoms with van der Waals surface area (Å²) in [4.78, 5) is 25.1. The van der Waals surface area contributed by atoms with Crippen molar-refractivity contribution in [2.45, 2.75) is 50.6 Å². The van der Waals surface area contributed by atoms with Crippen molar-refractivity contribution in [2.24, 2.45) is 17.8 Å². The van der Waals surface area contributed by atoms with E-state index in [1.807, 2.05) is 0 Å². The molecule has 0 bridgehead atoms. The van der Waals surface area contributed by atoms with Crippen LogP contribution in [0.4, 0.5) is 18.9 Å². The van der Waals surface area contributed by atoms with E-state index in [1.165, 1.54) is 0 Å². The lowest BCUT2D eigenvalue weighted by molar-refractivity contribution is -0.119. The first-order valence-electron chi connectivity index (χ1n) is 10.4. The van der Waals surface area contributed by atoms with Crippen LogP contribution in [0.5, 0.6) is 0 Å². The number of nitrogens with one attached hydrogen (secondary N) is 3. The summed E-state index contributed by atoms with van der Waals surface area (Å²) in [6.07, 6.45) is 1.36. The third-order valence-corrected chi connectivity index (χ3v) is 7.11. The number of aromatic amines is 1. The smallest absolute Gasteiger partial charge is 0.269 e. The number of hydrogen-bond acceptors (Lipinski definition) is 5. The van der Waals surface area contributed by atoms with Gasteiger partial charge in [-0.25, -0.2) is 17.4 Å². The highest BCUT2D eigenvalue weighted by molar-refractivity contribution is 14.1. The highest BCUT2D eigenvalue weighted by atomic mass is 127. The molecule has 33 heavy (non-hydrogen) atoms. The summed E-state index contributed by atoms with van der Waals surface area (Å²) >= 11 is 4.14. The summed E-state index contributed by atoms with van der Waals surface area (Å²) in [5, 5.41) is 11.5. The predicted octanol–water partition coefficient (Wildman–Crippen LogP) is 3.57. The Morgan fingerprint density at radius 3 is 2.55 bits per heavy atom. The molecule has 3 N–H and O–H groups in total. The number of rotatable bonds is 11. The molecule has 9 nitrogen and oxygen atoms in total. The van der Waals surface area contributed by atoms with E-state index in [2.05, 4.69) is 24.1 Å². The Morgan fingerprint density at radius 1 is 1.30 bits per heavy atom. The second-order valence-corrected chi connectivity index (χ2v) is 9.79. The van der Waals surface area contributed by atoms with Gasteiger partial charge in [-0.1, -0.05) is 11.6 Å². The van der Waals surface area contributed by atoms with Crippen molar-refractivity contribution in [1.29, 1.82) is 0 Å². The van der Waals surface area contributed by atoms with Gasteiger partial charge in [-0.15, -0.1) is 5.10 Å². The van der Waals surface area contributed by atoms with Crippen LogP contribution in [-0.4, -0.2) is 38.4 Å². The summed E-state index contributed by atoms with van der Waals surface area (Å²) in [5.74, 6) is -0.905. The number of amides is 1. The van der Waals surface area contributed by atoms with E-state index in [4.69, 9.17) is 11.6 Å². The van der Waals surface area contributed by atoms with Crippen molar-refractivity contribution in [1.82, 2.24) is 23.5 Å². The zero-order chi connectivity index (χ0) is 23.7. The minimum absolute atomic E-state index is 0.0147. The van der Waals surface area contributed by atoms with Crippen molar-refractivity contribution < 1.29 is 21.0 Å². The summed E-state index contributed by atoms with van der Waals surface area (Å²) in [6, 6.07) is -0.975. The molecule has 0 radical (unpaired) electrons. The Balaban J connectivity index is 1.59. The quantitative estimate of drug-likeness (QED) is 0.268.